The van der Waals surface area contributed by atoms with Gasteiger partial charge in [-0.3, -0.25) is 14.6 Å². The fourth-order valence-corrected chi connectivity index (χ4v) is 6.73. The molecule has 4 rings (SSSR count). The third kappa shape index (κ3) is 5.92. The van der Waals surface area contributed by atoms with E-state index >= 15 is 0 Å². The number of benzene rings is 1. The Hall–Kier alpha value is -1.59. The highest BCUT2D eigenvalue weighted by atomic mass is 32.2. The third-order valence-electron chi connectivity index (χ3n) is 7.21. The highest BCUT2D eigenvalue weighted by Crippen LogP contribution is 2.33. The Morgan fingerprint density at radius 2 is 1.73 bits per heavy atom. The van der Waals surface area contributed by atoms with Crippen LogP contribution in [-0.4, -0.2) is 99.5 Å². The number of nitrogens with zero attached hydrogens (tertiary/aromatic N) is 3. The van der Waals surface area contributed by atoms with E-state index in [1.807, 2.05) is 4.90 Å². The average molecular weight is 483 g/mol. The van der Waals surface area contributed by atoms with Crippen LogP contribution in [0, 0.1) is 5.82 Å². The maximum absolute atomic E-state index is 13.5. The van der Waals surface area contributed by atoms with E-state index in [-0.39, 0.29) is 36.0 Å². The largest absolute Gasteiger partial charge is 0.379 e. The summed E-state index contributed by atoms with van der Waals surface area (Å²) < 4.78 is 45.9. The second kappa shape index (κ2) is 10.8. The molecule has 2 saturated heterocycles. The van der Waals surface area contributed by atoms with Crippen LogP contribution in [0.2, 0.25) is 0 Å². The Kier molecular flexibility index (Phi) is 8.01. The molecule has 184 valence electrons. The molecule has 10 heteroatoms. The normalized spacial score (nSPS) is 23.3. The summed E-state index contributed by atoms with van der Waals surface area (Å²) in [5, 5.41) is 3.17. The summed E-state index contributed by atoms with van der Waals surface area (Å²) in [7, 11) is -3.73. The molecule has 2 aliphatic heterocycles. The van der Waals surface area contributed by atoms with E-state index in [4.69, 9.17) is 4.74 Å². The first kappa shape index (κ1) is 24.5. The first-order valence-electron chi connectivity index (χ1n) is 12.0. The lowest BCUT2D eigenvalue weighted by atomic mass is 9.79. The molecule has 1 amide bonds. The molecule has 1 aromatic carbocycles. The lowest BCUT2D eigenvalue weighted by molar-refractivity contribution is -0.123. The molecule has 2 heterocycles. The summed E-state index contributed by atoms with van der Waals surface area (Å²) in [4.78, 5) is 17.2. The van der Waals surface area contributed by atoms with Crippen LogP contribution in [-0.2, 0) is 19.6 Å². The van der Waals surface area contributed by atoms with Crippen LogP contribution in [0.25, 0.3) is 0 Å². The molecule has 0 atom stereocenters. The molecule has 0 radical (unpaired) electrons. The van der Waals surface area contributed by atoms with Crippen LogP contribution in [0.1, 0.15) is 32.1 Å². The monoisotopic (exact) mass is 482 g/mol. The van der Waals surface area contributed by atoms with E-state index in [1.54, 1.807) is 0 Å². The van der Waals surface area contributed by atoms with Crippen LogP contribution in [0.5, 0.6) is 0 Å². The zero-order chi connectivity index (χ0) is 23.3. The quantitative estimate of drug-likeness (QED) is 0.631. The van der Waals surface area contributed by atoms with Crippen molar-refractivity contribution in [2.24, 2.45) is 0 Å². The highest BCUT2D eigenvalue weighted by molar-refractivity contribution is 7.89. The molecule has 0 unspecified atom stereocenters. The molecule has 0 spiro atoms. The first-order chi connectivity index (χ1) is 15.9. The predicted octanol–water partition coefficient (Wildman–Crippen LogP) is 1.28. The van der Waals surface area contributed by atoms with Gasteiger partial charge >= 0.3 is 0 Å². The van der Waals surface area contributed by atoms with Gasteiger partial charge in [0.2, 0.25) is 15.9 Å². The Bertz CT molecular complexity index is 909. The number of rotatable bonds is 7. The van der Waals surface area contributed by atoms with E-state index in [0.29, 0.717) is 19.6 Å². The van der Waals surface area contributed by atoms with Crippen LogP contribution < -0.4 is 5.32 Å². The van der Waals surface area contributed by atoms with Crippen LogP contribution in [0.15, 0.2) is 29.2 Å². The smallest absolute Gasteiger partial charge is 0.243 e. The summed E-state index contributed by atoms with van der Waals surface area (Å²) in [6.07, 6.45) is 5.83. The number of sulfonamides is 1. The maximum atomic E-state index is 13.5. The second-order valence-corrected chi connectivity index (χ2v) is 11.2. The number of hydrogen-bond acceptors (Lipinski definition) is 6. The van der Waals surface area contributed by atoms with Crippen molar-refractivity contribution >= 4 is 15.9 Å². The number of carbonyl (C=O) groups is 1. The van der Waals surface area contributed by atoms with Gasteiger partial charge < -0.3 is 10.1 Å². The molecule has 33 heavy (non-hydrogen) atoms. The van der Waals surface area contributed by atoms with E-state index in [1.165, 1.54) is 41.8 Å². The minimum absolute atomic E-state index is 0.0188. The Balaban J connectivity index is 1.27. The van der Waals surface area contributed by atoms with Gasteiger partial charge in [-0.1, -0.05) is 25.3 Å². The highest BCUT2D eigenvalue weighted by Gasteiger charge is 2.39. The fourth-order valence-electron chi connectivity index (χ4n) is 5.28. The topological polar surface area (TPSA) is 82.2 Å². The molecule has 1 saturated carbocycles. The summed E-state index contributed by atoms with van der Waals surface area (Å²) >= 11 is 0. The van der Waals surface area contributed by atoms with Gasteiger partial charge in [0.05, 0.1) is 24.7 Å². The van der Waals surface area contributed by atoms with E-state index in [9.17, 15) is 17.6 Å². The molecule has 1 aromatic rings. The number of hydrogen-bond donors (Lipinski definition) is 1. The van der Waals surface area contributed by atoms with Crippen LogP contribution in [0.4, 0.5) is 4.39 Å². The number of nitrogens with one attached hydrogen (secondary N) is 1. The van der Waals surface area contributed by atoms with Crippen molar-refractivity contribution in [3.8, 4) is 0 Å². The summed E-state index contributed by atoms with van der Waals surface area (Å²) in [5.74, 6) is -0.589. The second-order valence-electron chi connectivity index (χ2n) is 9.30. The van der Waals surface area contributed by atoms with Gasteiger partial charge in [-0.2, -0.15) is 4.31 Å². The number of ether oxygens (including phenoxy) is 1. The van der Waals surface area contributed by atoms with Crippen molar-refractivity contribution in [3.63, 3.8) is 0 Å². The average Bonchev–Trinajstić information content (AvgIpc) is 2.84. The van der Waals surface area contributed by atoms with Gasteiger partial charge in [-0.15, -0.1) is 0 Å². The number of piperazine rings is 1. The molecule has 8 nitrogen and oxygen atoms in total. The molecule has 3 aliphatic rings. The van der Waals surface area contributed by atoms with Crippen molar-refractivity contribution in [1.29, 1.82) is 0 Å². The van der Waals surface area contributed by atoms with Crippen LogP contribution in [0.3, 0.4) is 0 Å². The molecular formula is C23H35FN4O4S. The van der Waals surface area contributed by atoms with E-state index < -0.39 is 15.8 Å². The number of halogens is 1. The fraction of sp³-hybridized carbons (Fsp3) is 0.696. The minimum atomic E-state index is -3.73. The zero-order valence-electron chi connectivity index (χ0n) is 19.2. The molecular weight excluding hydrogens is 447 g/mol. The van der Waals surface area contributed by atoms with Crippen molar-refractivity contribution in [2.75, 3.05) is 65.6 Å². The Morgan fingerprint density at radius 3 is 2.39 bits per heavy atom. The standard InChI is InChI=1S/C23H35FN4O4S/c24-20-5-4-6-21(17-20)33(30,31)28-11-9-26(10-12-28)18-22(29)25-19-23(7-2-1-3-8-23)27-13-15-32-16-14-27/h4-6,17H,1-3,7-16,18-19H2,(H,25,29). The van der Waals surface area contributed by atoms with Gasteiger partial charge in [0, 0.05) is 51.4 Å². The van der Waals surface area contributed by atoms with Gasteiger partial charge in [0.15, 0.2) is 0 Å². The van der Waals surface area contributed by atoms with Gasteiger partial charge in [-0.05, 0) is 31.0 Å². The Labute approximate surface area is 196 Å². The summed E-state index contributed by atoms with van der Waals surface area (Å²) in [5.41, 5.74) is 0.0232. The lowest BCUT2D eigenvalue weighted by Gasteiger charge is -2.48. The van der Waals surface area contributed by atoms with E-state index in [2.05, 4.69) is 10.2 Å². The molecule has 0 aromatic heterocycles. The first-order valence-corrected chi connectivity index (χ1v) is 13.4. The summed E-state index contributed by atoms with van der Waals surface area (Å²) in [6, 6.07) is 5.09. The number of amides is 1. The number of carbonyl (C=O) groups excluding carboxylic acids is 1. The van der Waals surface area contributed by atoms with Gasteiger partial charge in [0.1, 0.15) is 5.82 Å². The van der Waals surface area contributed by atoms with Crippen molar-refractivity contribution in [1.82, 2.24) is 19.4 Å². The molecule has 1 aliphatic carbocycles. The lowest BCUT2D eigenvalue weighted by Crippen LogP contribution is -2.60. The molecule has 3 fully saturated rings. The zero-order valence-corrected chi connectivity index (χ0v) is 20.0. The number of morpholine rings is 1. The Morgan fingerprint density at radius 1 is 1.03 bits per heavy atom. The molecule has 0 bridgehead atoms. The van der Waals surface area contributed by atoms with Crippen LogP contribution >= 0.6 is 0 Å². The predicted molar refractivity (Wildman–Crippen MR) is 123 cm³/mol. The van der Waals surface area contributed by atoms with Crippen molar-refractivity contribution < 1.29 is 22.3 Å². The SMILES string of the molecule is O=C(CN1CCN(S(=O)(=O)c2cccc(F)c2)CC1)NCC1(N2CCOCC2)CCCCC1. The minimum Gasteiger partial charge on any atom is -0.379 e. The van der Waals surface area contributed by atoms with Crippen molar-refractivity contribution in [3.05, 3.63) is 30.1 Å². The van der Waals surface area contributed by atoms with Gasteiger partial charge in [-0.25, -0.2) is 12.8 Å². The summed E-state index contributed by atoms with van der Waals surface area (Å²) in [6.45, 7) is 5.74. The maximum Gasteiger partial charge on any atom is 0.243 e. The van der Waals surface area contributed by atoms with Gasteiger partial charge in [0.25, 0.3) is 0 Å². The third-order valence-corrected chi connectivity index (χ3v) is 9.11. The van der Waals surface area contributed by atoms with E-state index in [0.717, 1.165) is 45.2 Å². The molecule has 1 N–H and O–H groups in total. The van der Waals surface area contributed by atoms with Crippen molar-refractivity contribution in [2.45, 2.75) is 42.5 Å².